The van der Waals surface area contributed by atoms with Gasteiger partial charge in [0.25, 0.3) is 5.91 Å². The molecule has 0 radical (unpaired) electrons. The van der Waals surface area contributed by atoms with Crippen LogP contribution in [0.25, 0.3) is 0 Å². The van der Waals surface area contributed by atoms with E-state index < -0.39 is 9.84 Å². The summed E-state index contributed by atoms with van der Waals surface area (Å²) >= 11 is 0. The molecule has 0 atom stereocenters. The van der Waals surface area contributed by atoms with Crippen molar-refractivity contribution in [1.82, 2.24) is 4.90 Å². The van der Waals surface area contributed by atoms with Crippen molar-refractivity contribution in [3.05, 3.63) is 42.0 Å². The number of carbonyl (C=O) groups excluding carboxylic acids is 2. The summed E-state index contributed by atoms with van der Waals surface area (Å²) in [5.41, 5.74) is 2.25. The molecule has 1 aromatic carbocycles. The number of amides is 2. The summed E-state index contributed by atoms with van der Waals surface area (Å²) in [5.74, 6) is -0.448. The molecule has 0 aliphatic carbocycles. The van der Waals surface area contributed by atoms with Gasteiger partial charge in [-0.1, -0.05) is 6.58 Å². The Morgan fingerprint density at radius 2 is 2.08 bits per heavy atom. The summed E-state index contributed by atoms with van der Waals surface area (Å²) in [6.07, 6.45) is 4.06. The van der Waals surface area contributed by atoms with Gasteiger partial charge in [0.2, 0.25) is 5.91 Å². The number of hydrogen-bond donors (Lipinski definition) is 0. The van der Waals surface area contributed by atoms with E-state index in [9.17, 15) is 18.0 Å². The number of benzene rings is 1. The number of anilines is 1. The maximum Gasteiger partial charge on any atom is 0.253 e. The number of aryl methyl sites for hydroxylation is 1. The fourth-order valence-electron chi connectivity index (χ4n) is 2.69. The average molecular weight is 350 g/mol. The lowest BCUT2D eigenvalue weighted by atomic mass is 9.98. The molecule has 1 aliphatic rings. The zero-order valence-electron chi connectivity index (χ0n) is 14.0. The molecule has 2 rings (SSSR count). The van der Waals surface area contributed by atoms with E-state index in [0.717, 1.165) is 30.3 Å². The molecule has 1 aromatic rings. The van der Waals surface area contributed by atoms with Crippen LogP contribution in [0.4, 0.5) is 5.69 Å². The highest BCUT2D eigenvalue weighted by molar-refractivity contribution is 7.90. The predicted octanol–water partition coefficient (Wildman–Crippen LogP) is 1.27. The van der Waals surface area contributed by atoms with Crippen molar-refractivity contribution in [2.24, 2.45) is 0 Å². The Bertz CT molecular complexity index is 771. The molecule has 0 spiro atoms. The van der Waals surface area contributed by atoms with Gasteiger partial charge in [0.15, 0.2) is 0 Å². The molecule has 0 bridgehead atoms. The molecule has 0 saturated heterocycles. The number of sulfone groups is 1. The quantitative estimate of drug-likeness (QED) is 0.750. The second kappa shape index (κ2) is 7.17. The molecule has 7 heteroatoms. The zero-order valence-corrected chi connectivity index (χ0v) is 14.8. The van der Waals surface area contributed by atoms with Crippen LogP contribution in [0, 0.1) is 0 Å². The topological polar surface area (TPSA) is 74.8 Å². The van der Waals surface area contributed by atoms with Gasteiger partial charge in [0.05, 0.1) is 5.75 Å². The number of carbonyl (C=O) groups is 2. The fourth-order valence-corrected chi connectivity index (χ4v) is 3.30. The van der Waals surface area contributed by atoms with Crippen molar-refractivity contribution in [1.29, 1.82) is 0 Å². The molecule has 0 unspecified atom stereocenters. The molecule has 0 fully saturated rings. The van der Waals surface area contributed by atoms with Crippen molar-refractivity contribution >= 4 is 27.3 Å². The number of rotatable bonds is 5. The van der Waals surface area contributed by atoms with Gasteiger partial charge in [-0.3, -0.25) is 9.59 Å². The van der Waals surface area contributed by atoms with E-state index in [1.807, 2.05) is 0 Å². The summed E-state index contributed by atoms with van der Waals surface area (Å²) in [7, 11) is -1.53. The van der Waals surface area contributed by atoms with E-state index in [1.54, 1.807) is 30.1 Å². The largest absolute Gasteiger partial charge is 0.341 e. The van der Waals surface area contributed by atoms with Crippen molar-refractivity contribution in [2.45, 2.75) is 12.8 Å². The zero-order chi connectivity index (χ0) is 17.9. The predicted molar refractivity (Wildman–Crippen MR) is 94.0 cm³/mol. The molecule has 130 valence electrons. The Balaban J connectivity index is 2.20. The molecule has 0 saturated carbocycles. The van der Waals surface area contributed by atoms with Crippen LogP contribution in [-0.2, 0) is 21.1 Å². The van der Waals surface area contributed by atoms with E-state index >= 15 is 0 Å². The Hall–Kier alpha value is -2.15. The SMILES string of the molecule is C=CC(=O)N1CCCc2cc(C(=O)N(C)CCS(C)(=O)=O)ccc21. The molecule has 2 amide bonds. The first-order valence-electron chi connectivity index (χ1n) is 7.73. The molecule has 1 aliphatic heterocycles. The smallest absolute Gasteiger partial charge is 0.253 e. The molecular weight excluding hydrogens is 328 g/mol. The number of fused-ring (bicyclic) bond motifs is 1. The van der Waals surface area contributed by atoms with Gasteiger partial charge in [-0.05, 0) is 42.7 Å². The van der Waals surface area contributed by atoms with Crippen LogP contribution in [0.2, 0.25) is 0 Å². The van der Waals surface area contributed by atoms with Crippen LogP contribution in [-0.4, -0.2) is 57.3 Å². The monoisotopic (exact) mass is 350 g/mol. The first-order chi connectivity index (χ1) is 11.2. The van der Waals surface area contributed by atoms with Gasteiger partial charge in [-0.2, -0.15) is 0 Å². The Kier molecular flexibility index (Phi) is 5.43. The minimum absolute atomic E-state index is 0.0677. The summed E-state index contributed by atoms with van der Waals surface area (Å²) in [4.78, 5) is 27.4. The lowest BCUT2D eigenvalue weighted by Gasteiger charge is -2.29. The lowest BCUT2D eigenvalue weighted by molar-refractivity contribution is -0.114. The Morgan fingerprint density at radius 1 is 1.38 bits per heavy atom. The Morgan fingerprint density at radius 3 is 2.71 bits per heavy atom. The van der Waals surface area contributed by atoms with Crippen molar-refractivity contribution in [3.8, 4) is 0 Å². The molecule has 24 heavy (non-hydrogen) atoms. The molecule has 0 N–H and O–H groups in total. The molecule has 0 aromatic heterocycles. The highest BCUT2D eigenvalue weighted by Crippen LogP contribution is 2.28. The second-order valence-electron chi connectivity index (χ2n) is 6.00. The first kappa shape index (κ1) is 18.2. The van der Waals surface area contributed by atoms with Crippen LogP contribution in [0.5, 0.6) is 0 Å². The van der Waals surface area contributed by atoms with E-state index in [4.69, 9.17) is 0 Å². The first-order valence-corrected chi connectivity index (χ1v) is 9.79. The van der Waals surface area contributed by atoms with Gasteiger partial charge in [-0.15, -0.1) is 0 Å². The van der Waals surface area contributed by atoms with E-state index in [2.05, 4.69) is 6.58 Å². The summed E-state index contributed by atoms with van der Waals surface area (Å²) in [6.45, 7) is 4.30. The standard InChI is InChI=1S/C17H22N2O4S/c1-4-16(20)19-9-5-6-13-12-14(7-8-15(13)19)17(21)18(2)10-11-24(3,22)23/h4,7-8,12H,1,5-6,9-11H2,2-3H3. The van der Waals surface area contributed by atoms with Gasteiger partial charge >= 0.3 is 0 Å². The Labute approximate surface area is 142 Å². The second-order valence-corrected chi connectivity index (χ2v) is 8.26. The minimum Gasteiger partial charge on any atom is -0.341 e. The van der Waals surface area contributed by atoms with Crippen LogP contribution < -0.4 is 4.90 Å². The van der Waals surface area contributed by atoms with Gasteiger partial charge in [-0.25, -0.2) is 8.42 Å². The van der Waals surface area contributed by atoms with Crippen LogP contribution >= 0.6 is 0 Å². The minimum atomic E-state index is -3.12. The maximum atomic E-state index is 12.5. The summed E-state index contributed by atoms with van der Waals surface area (Å²) < 4.78 is 22.5. The van der Waals surface area contributed by atoms with Crippen molar-refractivity contribution in [3.63, 3.8) is 0 Å². The average Bonchev–Trinajstić information content (AvgIpc) is 2.56. The van der Waals surface area contributed by atoms with E-state index in [1.165, 1.54) is 11.0 Å². The third kappa shape index (κ3) is 4.23. The highest BCUT2D eigenvalue weighted by Gasteiger charge is 2.22. The van der Waals surface area contributed by atoms with Crippen LogP contribution in [0.15, 0.2) is 30.9 Å². The third-order valence-electron chi connectivity index (χ3n) is 4.03. The summed E-state index contributed by atoms with van der Waals surface area (Å²) in [5, 5.41) is 0. The number of hydrogen-bond acceptors (Lipinski definition) is 4. The van der Waals surface area contributed by atoms with Crippen LogP contribution in [0.1, 0.15) is 22.3 Å². The fraction of sp³-hybridized carbons (Fsp3) is 0.412. The normalized spacial score (nSPS) is 14.0. The number of nitrogens with zero attached hydrogens (tertiary/aromatic N) is 2. The summed E-state index contributed by atoms with van der Waals surface area (Å²) in [6, 6.07) is 5.23. The highest BCUT2D eigenvalue weighted by atomic mass is 32.2. The maximum absolute atomic E-state index is 12.5. The van der Waals surface area contributed by atoms with E-state index in [-0.39, 0.29) is 24.1 Å². The van der Waals surface area contributed by atoms with Crippen molar-refractivity contribution < 1.29 is 18.0 Å². The van der Waals surface area contributed by atoms with Crippen molar-refractivity contribution in [2.75, 3.05) is 37.0 Å². The van der Waals surface area contributed by atoms with Gasteiger partial charge in [0.1, 0.15) is 9.84 Å². The van der Waals surface area contributed by atoms with E-state index in [0.29, 0.717) is 12.1 Å². The lowest BCUT2D eigenvalue weighted by Crippen LogP contribution is -2.35. The molecule has 6 nitrogen and oxygen atoms in total. The van der Waals surface area contributed by atoms with Gasteiger partial charge < -0.3 is 9.80 Å². The third-order valence-corrected chi connectivity index (χ3v) is 4.95. The molecular formula is C17H22N2O4S. The van der Waals surface area contributed by atoms with Crippen LogP contribution in [0.3, 0.4) is 0 Å². The van der Waals surface area contributed by atoms with Gasteiger partial charge in [0, 0.05) is 37.6 Å². The molecule has 1 heterocycles.